The molecule has 0 aromatic heterocycles. The molecule has 1 rings (SSSR count). The van der Waals surface area contributed by atoms with Gasteiger partial charge in [0.2, 0.25) is 0 Å². The molecule has 1 amide bonds. The van der Waals surface area contributed by atoms with Crippen molar-refractivity contribution < 1.29 is 14.6 Å². The summed E-state index contributed by atoms with van der Waals surface area (Å²) in [5.74, 6) is 0. The van der Waals surface area contributed by atoms with Crippen LogP contribution < -0.4 is 10.6 Å². The predicted octanol–water partition coefficient (Wildman–Crippen LogP) is 2.57. The Morgan fingerprint density at radius 3 is 2.33 bits per heavy atom. The van der Waals surface area contributed by atoms with Gasteiger partial charge in [0.05, 0.1) is 6.10 Å². The Balaban J connectivity index is 2.19. The van der Waals surface area contributed by atoms with Crippen molar-refractivity contribution >= 4 is 6.09 Å². The van der Waals surface area contributed by atoms with Gasteiger partial charge in [-0.2, -0.15) is 0 Å². The SMILES string of the molecule is CCCC(O)CNC1CCC(NC(=O)OC(C)(C)C)CC1. The second-order valence-electron chi connectivity index (χ2n) is 7.05. The van der Waals surface area contributed by atoms with E-state index in [9.17, 15) is 9.90 Å². The predicted molar refractivity (Wildman–Crippen MR) is 84.3 cm³/mol. The maximum atomic E-state index is 11.7. The molecule has 1 aliphatic carbocycles. The second-order valence-corrected chi connectivity index (χ2v) is 7.05. The molecule has 1 fully saturated rings. The van der Waals surface area contributed by atoms with E-state index in [1.54, 1.807) is 0 Å². The largest absolute Gasteiger partial charge is 0.444 e. The Morgan fingerprint density at radius 2 is 1.81 bits per heavy atom. The Bertz CT molecular complexity index is 307. The molecular formula is C16H32N2O3. The Kier molecular flexibility index (Phi) is 7.46. The van der Waals surface area contributed by atoms with Crippen molar-refractivity contribution in [2.75, 3.05) is 6.54 Å². The van der Waals surface area contributed by atoms with E-state index in [-0.39, 0.29) is 18.2 Å². The van der Waals surface area contributed by atoms with Crippen LogP contribution in [0.5, 0.6) is 0 Å². The minimum absolute atomic E-state index is 0.207. The second kappa shape index (κ2) is 8.59. The molecule has 0 spiro atoms. The first kappa shape index (κ1) is 18.2. The van der Waals surface area contributed by atoms with Crippen LogP contribution in [0.4, 0.5) is 4.79 Å². The Morgan fingerprint density at radius 1 is 1.24 bits per heavy atom. The average Bonchev–Trinajstić information content (AvgIpc) is 2.36. The van der Waals surface area contributed by atoms with Crippen LogP contribution in [-0.2, 0) is 4.74 Å². The zero-order valence-corrected chi connectivity index (χ0v) is 13.9. The van der Waals surface area contributed by atoms with Crippen molar-refractivity contribution in [1.82, 2.24) is 10.6 Å². The van der Waals surface area contributed by atoms with Crippen molar-refractivity contribution in [2.45, 2.75) is 90.0 Å². The van der Waals surface area contributed by atoms with Crippen molar-refractivity contribution in [1.29, 1.82) is 0 Å². The highest BCUT2D eigenvalue weighted by atomic mass is 16.6. The van der Waals surface area contributed by atoms with Crippen molar-refractivity contribution in [3.05, 3.63) is 0 Å². The number of aliphatic hydroxyl groups is 1. The highest BCUT2D eigenvalue weighted by molar-refractivity contribution is 5.68. The summed E-state index contributed by atoms with van der Waals surface area (Å²) in [5.41, 5.74) is -0.446. The fourth-order valence-electron chi connectivity index (χ4n) is 2.65. The van der Waals surface area contributed by atoms with Gasteiger partial charge in [0, 0.05) is 18.6 Å². The van der Waals surface area contributed by atoms with E-state index in [1.165, 1.54) is 0 Å². The third kappa shape index (κ3) is 8.27. The number of hydrogen-bond donors (Lipinski definition) is 3. The minimum atomic E-state index is -0.446. The van der Waals surface area contributed by atoms with Gasteiger partial charge in [-0.25, -0.2) is 4.79 Å². The molecule has 0 aromatic carbocycles. The lowest BCUT2D eigenvalue weighted by molar-refractivity contribution is 0.0489. The fraction of sp³-hybridized carbons (Fsp3) is 0.938. The van der Waals surface area contributed by atoms with Crippen LogP contribution in [0.3, 0.4) is 0 Å². The summed E-state index contributed by atoms with van der Waals surface area (Å²) in [6.07, 6.45) is 5.27. The lowest BCUT2D eigenvalue weighted by atomic mass is 9.91. The normalized spacial score (nSPS) is 24.4. The van der Waals surface area contributed by atoms with Gasteiger partial charge in [-0.05, 0) is 52.9 Å². The molecule has 1 atom stereocenters. The van der Waals surface area contributed by atoms with E-state index >= 15 is 0 Å². The number of amides is 1. The number of nitrogens with one attached hydrogen (secondary N) is 2. The molecule has 5 nitrogen and oxygen atoms in total. The molecule has 21 heavy (non-hydrogen) atoms. The summed E-state index contributed by atoms with van der Waals surface area (Å²) in [4.78, 5) is 11.7. The molecule has 1 saturated carbocycles. The molecule has 0 radical (unpaired) electrons. The molecule has 0 aromatic rings. The molecule has 0 aliphatic heterocycles. The van der Waals surface area contributed by atoms with Gasteiger partial charge in [-0.1, -0.05) is 13.3 Å². The maximum absolute atomic E-state index is 11.7. The number of ether oxygens (including phenoxy) is 1. The standard InChI is InChI=1S/C16H32N2O3/c1-5-6-14(19)11-17-12-7-9-13(10-8-12)18-15(20)21-16(2,3)4/h12-14,17,19H,5-11H2,1-4H3,(H,18,20). The van der Waals surface area contributed by atoms with Crippen LogP contribution >= 0.6 is 0 Å². The zero-order chi connectivity index (χ0) is 15.9. The highest BCUT2D eigenvalue weighted by Crippen LogP contribution is 2.19. The van der Waals surface area contributed by atoms with Gasteiger partial charge < -0.3 is 20.5 Å². The van der Waals surface area contributed by atoms with Crippen LogP contribution in [-0.4, -0.2) is 41.5 Å². The summed E-state index contributed by atoms with van der Waals surface area (Å²) in [6, 6.07) is 0.659. The summed E-state index contributed by atoms with van der Waals surface area (Å²) in [5, 5.41) is 16.1. The van der Waals surface area contributed by atoms with Crippen LogP contribution in [0.1, 0.15) is 66.2 Å². The van der Waals surface area contributed by atoms with Crippen LogP contribution in [0, 0.1) is 0 Å². The van der Waals surface area contributed by atoms with Gasteiger partial charge in [-0.15, -0.1) is 0 Å². The number of carbonyl (C=O) groups is 1. The van der Waals surface area contributed by atoms with E-state index in [0.29, 0.717) is 12.6 Å². The van der Waals surface area contributed by atoms with Crippen LogP contribution in [0.2, 0.25) is 0 Å². The van der Waals surface area contributed by atoms with Crippen LogP contribution in [0.25, 0.3) is 0 Å². The number of carbonyl (C=O) groups excluding carboxylic acids is 1. The van der Waals surface area contributed by atoms with Crippen molar-refractivity contribution in [3.63, 3.8) is 0 Å². The summed E-state index contributed by atoms with van der Waals surface area (Å²) in [6.45, 7) is 8.36. The van der Waals surface area contributed by atoms with E-state index in [0.717, 1.165) is 38.5 Å². The van der Waals surface area contributed by atoms with Crippen molar-refractivity contribution in [3.8, 4) is 0 Å². The smallest absolute Gasteiger partial charge is 0.407 e. The molecule has 0 heterocycles. The van der Waals surface area contributed by atoms with Gasteiger partial charge in [-0.3, -0.25) is 0 Å². The number of aliphatic hydroxyl groups excluding tert-OH is 1. The first-order valence-corrected chi connectivity index (χ1v) is 8.21. The maximum Gasteiger partial charge on any atom is 0.407 e. The van der Waals surface area contributed by atoms with Gasteiger partial charge in [0.15, 0.2) is 0 Å². The lowest BCUT2D eigenvalue weighted by Gasteiger charge is -2.31. The third-order valence-corrected chi connectivity index (χ3v) is 3.71. The van der Waals surface area contributed by atoms with Gasteiger partial charge in [0.25, 0.3) is 0 Å². The monoisotopic (exact) mass is 300 g/mol. The molecule has 1 unspecified atom stereocenters. The molecule has 5 heteroatoms. The fourth-order valence-corrected chi connectivity index (χ4v) is 2.65. The van der Waals surface area contributed by atoms with Gasteiger partial charge >= 0.3 is 6.09 Å². The first-order valence-electron chi connectivity index (χ1n) is 8.21. The first-order chi connectivity index (χ1) is 9.80. The summed E-state index contributed by atoms with van der Waals surface area (Å²) < 4.78 is 5.27. The summed E-state index contributed by atoms with van der Waals surface area (Å²) >= 11 is 0. The Hall–Kier alpha value is -0.810. The van der Waals surface area contributed by atoms with Crippen LogP contribution in [0.15, 0.2) is 0 Å². The molecule has 3 N–H and O–H groups in total. The van der Waals surface area contributed by atoms with E-state index in [2.05, 4.69) is 17.6 Å². The van der Waals surface area contributed by atoms with Crippen molar-refractivity contribution in [2.24, 2.45) is 0 Å². The molecular weight excluding hydrogens is 268 g/mol. The molecule has 124 valence electrons. The summed E-state index contributed by atoms with van der Waals surface area (Å²) in [7, 11) is 0. The number of alkyl carbamates (subject to hydrolysis) is 1. The quantitative estimate of drug-likeness (QED) is 0.705. The number of rotatable bonds is 6. The lowest BCUT2D eigenvalue weighted by Crippen LogP contribution is -2.45. The Labute approximate surface area is 128 Å². The molecule has 0 saturated heterocycles. The number of hydrogen-bond acceptors (Lipinski definition) is 4. The minimum Gasteiger partial charge on any atom is -0.444 e. The van der Waals surface area contributed by atoms with E-state index < -0.39 is 5.60 Å². The molecule has 0 bridgehead atoms. The van der Waals surface area contributed by atoms with E-state index in [1.807, 2.05) is 20.8 Å². The van der Waals surface area contributed by atoms with E-state index in [4.69, 9.17) is 4.74 Å². The van der Waals surface area contributed by atoms with Gasteiger partial charge in [0.1, 0.15) is 5.60 Å². The topological polar surface area (TPSA) is 70.6 Å². The molecule has 1 aliphatic rings. The average molecular weight is 300 g/mol. The zero-order valence-electron chi connectivity index (χ0n) is 13.9. The third-order valence-electron chi connectivity index (χ3n) is 3.71. The highest BCUT2D eigenvalue weighted by Gasteiger charge is 2.24.